The summed E-state index contributed by atoms with van der Waals surface area (Å²) in [6, 6.07) is 31.3. The quantitative estimate of drug-likeness (QED) is 0.193. The van der Waals surface area contributed by atoms with Crippen molar-refractivity contribution in [2.75, 3.05) is 0 Å². The van der Waals surface area contributed by atoms with E-state index in [4.69, 9.17) is 21.7 Å². The Labute approximate surface area is 248 Å². The molecule has 1 aromatic heterocycles. The number of carbonyl (C=O) groups is 1. The van der Waals surface area contributed by atoms with Crippen LogP contribution in [0.2, 0.25) is 5.02 Å². The molecule has 0 fully saturated rings. The zero-order valence-corrected chi connectivity index (χ0v) is 24.8. The maximum Gasteiger partial charge on any atom is 0.276 e. The van der Waals surface area contributed by atoms with E-state index in [9.17, 15) is 4.79 Å². The molecule has 0 N–H and O–H groups in total. The van der Waals surface area contributed by atoms with E-state index in [1.165, 1.54) is 0 Å². The van der Waals surface area contributed by atoms with Crippen LogP contribution in [0.15, 0.2) is 111 Å². The summed E-state index contributed by atoms with van der Waals surface area (Å²) >= 11 is 13.6. The van der Waals surface area contributed by atoms with E-state index in [2.05, 4.69) is 50.1 Å². The average Bonchev–Trinajstić information content (AvgIpc) is 3.38. The van der Waals surface area contributed by atoms with E-state index in [1.54, 1.807) is 17.1 Å². The monoisotopic (exact) mass is 657 g/mol. The van der Waals surface area contributed by atoms with Crippen molar-refractivity contribution >= 4 is 66.0 Å². The Kier molecular flexibility index (Phi) is 7.10. The minimum absolute atomic E-state index is 0.237. The molecule has 1 unspecified atom stereocenters. The summed E-state index contributed by atoms with van der Waals surface area (Å²) in [6.45, 7) is 2.01. The van der Waals surface area contributed by atoms with Crippen molar-refractivity contribution in [1.82, 2.24) is 9.99 Å². The number of amides is 1. The molecule has 39 heavy (non-hydrogen) atoms. The molecule has 4 aromatic carbocycles. The van der Waals surface area contributed by atoms with E-state index in [1.807, 2.05) is 73.7 Å². The van der Waals surface area contributed by atoms with Crippen LogP contribution in [0, 0.1) is 6.92 Å². The van der Waals surface area contributed by atoms with Crippen LogP contribution < -0.4 is 0 Å². The fourth-order valence-corrected chi connectivity index (χ4v) is 6.01. The topological polar surface area (TPSA) is 45.6 Å². The molecule has 0 saturated heterocycles. The second-order valence-corrected chi connectivity index (χ2v) is 11.7. The highest BCUT2D eigenvalue weighted by molar-refractivity contribution is 9.10. The van der Waals surface area contributed by atoms with Crippen molar-refractivity contribution in [3.63, 3.8) is 0 Å². The lowest BCUT2D eigenvalue weighted by Crippen LogP contribution is -2.27. The molecule has 0 bridgehead atoms. The molecule has 1 amide bonds. The lowest BCUT2D eigenvalue weighted by Gasteiger charge is -2.22. The number of aromatic nitrogens is 1. The normalized spacial score (nSPS) is 15.0. The number of fused-ring (bicyclic) bond motifs is 1. The van der Waals surface area contributed by atoms with E-state index >= 15 is 0 Å². The fraction of sp³-hybridized carbons (Fsp3) is 0.0938. The number of aryl methyl sites for hydroxylation is 1. The molecule has 7 heteroatoms. The van der Waals surface area contributed by atoms with E-state index in [0.29, 0.717) is 17.0 Å². The van der Waals surface area contributed by atoms with Gasteiger partial charge in [0.15, 0.2) is 0 Å². The molecule has 0 radical (unpaired) electrons. The van der Waals surface area contributed by atoms with Crippen LogP contribution in [0.5, 0.6) is 0 Å². The molecular weight excluding hydrogens is 638 g/mol. The molecule has 5 aromatic rings. The number of hydrogen-bond acceptors (Lipinski definition) is 3. The largest absolute Gasteiger partial charge is 0.276 e. The number of carbonyl (C=O) groups excluding carboxylic acids is 1. The Bertz CT molecular complexity index is 1750. The third kappa shape index (κ3) is 4.93. The lowest BCUT2D eigenvalue weighted by atomic mass is 9.89. The van der Waals surface area contributed by atoms with Crippen LogP contribution in [-0.2, 0) is 0 Å². The van der Waals surface area contributed by atoms with Crippen LogP contribution in [0.3, 0.4) is 0 Å². The highest BCUT2D eigenvalue weighted by atomic mass is 79.9. The smallest absolute Gasteiger partial charge is 0.267 e. The molecule has 2 heterocycles. The van der Waals surface area contributed by atoms with Crippen LogP contribution in [-0.4, -0.2) is 21.6 Å². The average molecular weight is 660 g/mol. The van der Waals surface area contributed by atoms with Crippen molar-refractivity contribution in [3.8, 4) is 11.1 Å². The Hall–Kier alpha value is -3.32. The van der Waals surface area contributed by atoms with Crippen LogP contribution in [0.4, 0.5) is 0 Å². The van der Waals surface area contributed by atoms with Gasteiger partial charge in [0, 0.05) is 37.6 Å². The van der Waals surface area contributed by atoms with Crippen LogP contribution >= 0.6 is 43.5 Å². The maximum absolute atomic E-state index is 13.9. The van der Waals surface area contributed by atoms with Gasteiger partial charge in [-0.25, -0.2) is 5.01 Å². The molecule has 0 aliphatic carbocycles. The minimum Gasteiger partial charge on any atom is -0.267 e. The minimum atomic E-state index is -0.293. The summed E-state index contributed by atoms with van der Waals surface area (Å²) in [5.41, 5.74) is 7.08. The zero-order chi connectivity index (χ0) is 27.1. The first kappa shape index (κ1) is 25.9. The van der Waals surface area contributed by atoms with Crippen molar-refractivity contribution < 1.29 is 4.79 Å². The molecule has 192 valence electrons. The Morgan fingerprint density at radius 1 is 0.872 bits per heavy atom. The summed E-state index contributed by atoms with van der Waals surface area (Å²) in [5, 5.41) is 8.02. The van der Waals surface area contributed by atoms with Gasteiger partial charge in [-0.15, -0.1) is 0 Å². The van der Waals surface area contributed by atoms with Gasteiger partial charge in [-0.2, -0.15) is 5.10 Å². The first-order valence-electron chi connectivity index (χ1n) is 12.5. The van der Waals surface area contributed by atoms with E-state index in [-0.39, 0.29) is 11.9 Å². The molecule has 0 spiro atoms. The van der Waals surface area contributed by atoms with Gasteiger partial charge in [0.2, 0.25) is 0 Å². The highest BCUT2D eigenvalue weighted by Crippen LogP contribution is 2.41. The van der Waals surface area contributed by atoms with Gasteiger partial charge in [-0.05, 0) is 60.5 Å². The van der Waals surface area contributed by atoms with Crippen LogP contribution in [0.1, 0.15) is 39.6 Å². The summed E-state index contributed by atoms with van der Waals surface area (Å²) < 4.78 is 1.95. The second kappa shape index (κ2) is 10.7. The summed E-state index contributed by atoms with van der Waals surface area (Å²) in [7, 11) is 0. The van der Waals surface area contributed by atoms with Crippen molar-refractivity contribution in [2.24, 2.45) is 5.10 Å². The van der Waals surface area contributed by atoms with Gasteiger partial charge in [0.1, 0.15) is 0 Å². The molecule has 6 rings (SSSR count). The predicted molar refractivity (Wildman–Crippen MR) is 165 cm³/mol. The van der Waals surface area contributed by atoms with Crippen molar-refractivity contribution in [3.05, 3.63) is 133 Å². The summed E-state index contributed by atoms with van der Waals surface area (Å²) in [4.78, 5) is 18.9. The Morgan fingerprint density at radius 2 is 1.56 bits per heavy atom. The number of hydrazone groups is 1. The van der Waals surface area contributed by atoms with Gasteiger partial charge in [0.25, 0.3) is 5.91 Å². The molecular formula is C32H22Br2ClN3O. The van der Waals surface area contributed by atoms with Gasteiger partial charge in [-0.1, -0.05) is 98.1 Å². The summed E-state index contributed by atoms with van der Waals surface area (Å²) in [6.07, 6.45) is 0.541. The molecule has 1 aliphatic heterocycles. The molecule has 1 aliphatic rings. The van der Waals surface area contributed by atoms with Crippen molar-refractivity contribution in [2.45, 2.75) is 19.4 Å². The number of rotatable bonds is 4. The van der Waals surface area contributed by atoms with Gasteiger partial charge < -0.3 is 0 Å². The highest BCUT2D eigenvalue weighted by Gasteiger charge is 2.36. The van der Waals surface area contributed by atoms with E-state index in [0.717, 1.165) is 53.5 Å². The lowest BCUT2D eigenvalue weighted by molar-refractivity contribution is 0.0711. The predicted octanol–water partition coefficient (Wildman–Crippen LogP) is 9.38. The number of hydrogen-bond donors (Lipinski definition) is 0. The molecule has 4 nitrogen and oxygen atoms in total. The van der Waals surface area contributed by atoms with Gasteiger partial charge in [-0.3, -0.25) is 9.78 Å². The van der Waals surface area contributed by atoms with Crippen molar-refractivity contribution in [1.29, 1.82) is 0 Å². The molecule has 0 saturated carbocycles. The Balaban J connectivity index is 1.57. The van der Waals surface area contributed by atoms with Gasteiger partial charge in [0.05, 0.1) is 27.9 Å². The summed E-state index contributed by atoms with van der Waals surface area (Å²) in [5.74, 6) is -0.237. The first-order valence-corrected chi connectivity index (χ1v) is 14.4. The third-order valence-corrected chi connectivity index (χ3v) is 8.31. The Morgan fingerprint density at radius 3 is 2.31 bits per heavy atom. The number of pyridine rings is 1. The zero-order valence-electron chi connectivity index (χ0n) is 20.9. The van der Waals surface area contributed by atoms with E-state index < -0.39 is 0 Å². The SMILES string of the molecule is Cc1nc2ccc(Br)cc2c(-c2ccccc2)c1C1=NN(C(=O)c2ccccc2Cl)C(c2ccc(Br)cc2)C1. The molecule has 1 atom stereocenters. The first-order chi connectivity index (χ1) is 18.9. The maximum atomic E-state index is 13.9. The van der Waals surface area contributed by atoms with Gasteiger partial charge >= 0.3 is 0 Å². The number of nitrogens with zero attached hydrogens (tertiary/aromatic N) is 3. The fourth-order valence-electron chi connectivity index (χ4n) is 5.17. The number of benzene rings is 4. The standard InChI is InChI=1S/C32H22Br2ClN3O/c1-19-30(31(21-7-3-2-4-8-21)25-17-23(34)15-16-27(25)36-19)28-18-29(20-11-13-22(33)14-12-20)38(37-28)32(39)24-9-5-6-10-26(24)35/h2-17,29H,18H2,1H3. The third-order valence-electron chi connectivity index (χ3n) is 6.96. The number of halogens is 3. The van der Waals surface area contributed by atoms with Crippen LogP contribution in [0.25, 0.3) is 22.0 Å². The second-order valence-electron chi connectivity index (χ2n) is 9.42.